The summed E-state index contributed by atoms with van der Waals surface area (Å²) >= 11 is 0. The Labute approximate surface area is 66.7 Å². The highest BCUT2D eigenvalue weighted by molar-refractivity contribution is 7.96. The maximum atomic E-state index is 6.21. The number of hydrogen-bond acceptors (Lipinski definition) is 1. The minimum Gasteiger partial charge on any atom is -0.284 e. The van der Waals surface area contributed by atoms with Crippen LogP contribution in [0.4, 0.5) is 0 Å². The average Bonchev–Trinajstić information content (AvgIpc) is 1.89. The Balaban J connectivity index is 2.48. The SMILES string of the molecule is C[S+](C)C1(N)CCCCC1. The maximum Gasteiger partial charge on any atom is 0.176 e. The lowest BCUT2D eigenvalue weighted by atomic mass is 9.96. The molecule has 1 nitrogen and oxygen atoms in total. The first-order chi connectivity index (χ1) is 4.65. The molecule has 1 rings (SSSR count). The van der Waals surface area contributed by atoms with Crippen molar-refractivity contribution in [3.05, 3.63) is 0 Å². The molecule has 2 heteroatoms. The Bertz CT molecular complexity index is 106. The topological polar surface area (TPSA) is 26.0 Å². The molecule has 0 aliphatic heterocycles. The van der Waals surface area contributed by atoms with E-state index in [0.717, 1.165) is 0 Å². The van der Waals surface area contributed by atoms with E-state index >= 15 is 0 Å². The summed E-state index contributed by atoms with van der Waals surface area (Å²) in [6.45, 7) is 0. The third-order valence-corrected chi connectivity index (χ3v) is 4.55. The van der Waals surface area contributed by atoms with Crippen molar-refractivity contribution < 1.29 is 0 Å². The first-order valence-electron chi connectivity index (χ1n) is 4.02. The summed E-state index contributed by atoms with van der Waals surface area (Å²) in [5, 5.41) is 0. The molecule has 0 heterocycles. The average molecular weight is 160 g/mol. The van der Waals surface area contributed by atoms with Gasteiger partial charge >= 0.3 is 0 Å². The van der Waals surface area contributed by atoms with Crippen LogP contribution in [0.3, 0.4) is 0 Å². The number of rotatable bonds is 1. The predicted octanol–water partition coefficient (Wildman–Crippen LogP) is 1.48. The fourth-order valence-corrected chi connectivity index (χ4v) is 2.66. The lowest BCUT2D eigenvalue weighted by molar-refractivity contribution is 0.404. The Kier molecular flexibility index (Phi) is 2.64. The third kappa shape index (κ3) is 1.67. The van der Waals surface area contributed by atoms with Gasteiger partial charge in [-0.15, -0.1) is 0 Å². The monoisotopic (exact) mass is 160 g/mol. The zero-order chi connectivity index (χ0) is 7.61. The molecule has 1 aliphatic carbocycles. The van der Waals surface area contributed by atoms with E-state index in [1.807, 2.05) is 0 Å². The second-order valence-corrected chi connectivity index (χ2v) is 5.89. The van der Waals surface area contributed by atoms with Crippen LogP contribution in [-0.2, 0) is 10.9 Å². The molecule has 1 saturated carbocycles. The first kappa shape index (κ1) is 8.41. The van der Waals surface area contributed by atoms with Crippen LogP contribution in [0.5, 0.6) is 0 Å². The van der Waals surface area contributed by atoms with Gasteiger partial charge in [-0.25, -0.2) is 0 Å². The van der Waals surface area contributed by atoms with Gasteiger partial charge in [0.15, 0.2) is 4.87 Å². The molecular weight excluding hydrogens is 142 g/mol. The second-order valence-electron chi connectivity index (χ2n) is 3.44. The van der Waals surface area contributed by atoms with Gasteiger partial charge < -0.3 is 0 Å². The fourth-order valence-electron chi connectivity index (χ4n) is 1.56. The van der Waals surface area contributed by atoms with Crippen molar-refractivity contribution in [3.63, 3.8) is 0 Å². The smallest absolute Gasteiger partial charge is 0.176 e. The molecule has 0 saturated heterocycles. The van der Waals surface area contributed by atoms with Crippen molar-refractivity contribution in [1.29, 1.82) is 0 Å². The molecule has 0 unspecified atom stereocenters. The van der Waals surface area contributed by atoms with E-state index in [-0.39, 0.29) is 4.87 Å². The van der Waals surface area contributed by atoms with Gasteiger partial charge in [0.2, 0.25) is 0 Å². The highest BCUT2D eigenvalue weighted by Crippen LogP contribution is 2.29. The summed E-state index contributed by atoms with van der Waals surface area (Å²) in [6.07, 6.45) is 11.1. The van der Waals surface area contributed by atoms with Gasteiger partial charge in [-0.1, -0.05) is 6.42 Å². The molecule has 0 radical (unpaired) electrons. The Morgan fingerprint density at radius 2 is 1.60 bits per heavy atom. The standard InChI is InChI=1S/C8H18NS/c1-10(2)8(9)6-4-3-5-7-8/h3-7,9H2,1-2H3/q+1. The van der Waals surface area contributed by atoms with Crippen LogP contribution in [-0.4, -0.2) is 17.4 Å². The van der Waals surface area contributed by atoms with E-state index in [1.165, 1.54) is 32.1 Å². The summed E-state index contributed by atoms with van der Waals surface area (Å²) < 4.78 is 0. The molecular formula is C8H18NS+. The minimum atomic E-state index is 0.207. The van der Waals surface area contributed by atoms with Gasteiger partial charge in [0, 0.05) is 23.7 Å². The summed E-state index contributed by atoms with van der Waals surface area (Å²) in [5.74, 6) is 0. The van der Waals surface area contributed by atoms with E-state index in [0.29, 0.717) is 10.9 Å². The van der Waals surface area contributed by atoms with Gasteiger partial charge in [-0.3, -0.25) is 5.73 Å². The van der Waals surface area contributed by atoms with Crippen LogP contribution >= 0.6 is 0 Å². The molecule has 1 aliphatic rings. The van der Waals surface area contributed by atoms with Crippen LogP contribution in [0.2, 0.25) is 0 Å². The molecule has 60 valence electrons. The maximum absolute atomic E-state index is 6.21. The van der Waals surface area contributed by atoms with E-state index in [9.17, 15) is 0 Å². The first-order valence-corrected chi connectivity index (χ1v) is 6.06. The van der Waals surface area contributed by atoms with Crippen molar-refractivity contribution >= 4 is 10.9 Å². The van der Waals surface area contributed by atoms with Crippen LogP contribution in [0, 0.1) is 0 Å². The van der Waals surface area contributed by atoms with E-state index in [2.05, 4.69) is 12.5 Å². The highest BCUT2D eigenvalue weighted by Gasteiger charge is 2.38. The third-order valence-electron chi connectivity index (χ3n) is 2.51. The zero-order valence-corrected chi connectivity index (χ0v) is 7.84. The molecule has 0 atom stereocenters. The summed E-state index contributed by atoms with van der Waals surface area (Å²) in [4.78, 5) is 0.207. The molecule has 0 amide bonds. The Hall–Kier alpha value is 0.310. The molecule has 0 aromatic heterocycles. The van der Waals surface area contributed by atoms with Crippen molar-refractivity contribution in [1.82, 2.24) is 0 Å². The Morgan fingerprint density at radius 1 is 1.10 bits per heavy atom. The molecule has 0 aromatic carbocycles. The van der Waals surface area contributed by atoms with Crippen LogP contribution in [0.1, 0.15) is 32.1 Å². The predicted molar refractivity (Wildman–Crippen MR) is 49.2 cm³/mol. The molecule has 2 N–H and O–H groups in total. The normalized spacial score (nSPS) is 25.2. The van der Waals surface area contributed by atoms with Crippen LogP contribution < -0.4 is 5.73 Å². The fraction of sp³-hybridized carbons (Fsp3) is 1.00. The number of hydrogen-bond donors (Lipinski definition) is 1. The molecule has 0 spiro atoms. The summed E-state index contributed by atoms with van der Waals surface area (Å²) in [6, 6.07) is 0. The molecule has 0 bridgehead atoms. The van der Waals surface area contributed by atoms with E-state index in [4.69, 9.17) is 5.73 Å². The zero-order valence-electron chi connectivity index (χ0n) is 7.02. The lowest BCUT2D eigenvalue weighted by Crippen LogP contribution is -2.48. The second kappa shape index (κ2) is 3.14. The number of nitrogens with two attached hydrogens (primary N) is 1. The summed E-state index contributed by atoms with van der Waals surface area (Å²) in [5.41, 5.74) is 6.21. The van der Waals surface area contributed by atoms with Gasteiger partial charge in [0.05, 0.1) is 12.5 Å². The molecule has 1 fully saturated rings. The highest BCUT2D eigenvalue weighted by atomic mass is 32.2. The largest absolute Gasteiger partial charge is 0.284 e. The van der Waals surface area contributed by atoms with E-state index in [1.54, 1.807) is 0 Å². The molecule has 10 heavy (non-hydrogen) atoms. The van der Waals surface area contributed by atoms with Gasteiger partial charge in [-0.2, -0.15) is 0 Å². The van der Waals surface area contributed by atoms with Crippen molar-refractivity contribution in [2.75, 3.05) is 12.5 Å². The molecule has 0 aromatic rings. The Morgan fingerprint density at radius 3 is 1.90 bits per heavy atom. The van der Waals surface area contributed by atoms with Gasteiger partial charge in [-0.05, 0) is 12.8 Å². The van der Waals surface area contributed by atoms with Crippen molar-refractivity contribution in [2.45, 2.75) is 37.0 Å². The minimum absolute atomic E-state index is 0.207. The van der Waals surface area contributed by atoms with Gasteiger partial charge in [0.25, 0.3) is 0 Å². The van der Waals surface area contributed by atoms with Gasteiger partial charge in [0.1, 0.15) is 0 Å². The lowest BCUT2D eigenvalue weighted by Gasteiger charge is -2.29. The van der Waals surface area contributed by atoms with E-state index < -0.39 is 0 Å². The van der Waals surface area contributed by atoms with Crippen molar-refractivity contribution in [3.8, 4) is 0 Å². The van der Waals surface area contributed by atoms with Crippen molar-refractivity contribution in [2.24, 2.45) is 5.73 Å². The van der Waals surface area contributed by atoms with Crippen LogP contribution in [0.15, 0.2) is 0 Å². The summed E-state index contributed by atoms with van der Waals surface area (Å²) in [7, 11) is 0.410. The van der Waals surface area contributed by atoms with Crippen LogP contribution in [0.25, 0.3) is 0 Å². The quantitative estimate of drug-likeness (QED) is 0.578.